The second-order valence-electron chi connectivity index (χ2n) is 4.86. The monoisotopic (exact) mass is 305 g/mol. The van der Waals surface area contributed by atoms with E-state index in [9.17, 15) is 4.79 Å². The Morgan fingerprint density at radius 2 is 1.89 bits per heavy atom. The van der Waals surface area contributed by atoms with E-state index >= 15 is 0 Å². The highest BCUT2D eigenvalue weighted by Gasteiger charge is 2.45. The number of hydrogen-bond acceptors (Lipinski definition) is 3. The minimum absolute atomic E-state index is 0. The van der Waals surface area contributed by atoms with Gasteiger partial charge in [-0.1, -0.05) is 18.2 Å². The maximum absolute atomic E-state index is 11.7. The van der Waals surface area contributed by atoms with Gasteiger partial charge in [0.1, 0.15) is 0 Å². The molecule has 0 atom stereocenters. The van der Waals surface area contributed by atoms with Gasteiger partial charge in [0.2, 0.25) is 5.91 Å². The standard InChI is InChI=1S/C13H19N3O.2ClH/c1-16(2)11-6-4-3-5-10(11)9-15-12(17)13(14)7-8-13;;/h3-6H,7-9,14H2,1-2H3,(H,15,17);2*1H. The Hall–Kier alpha value is -0.970. The lowest BCUT2D eigenvalue weighted by molar-refractivity contribution is -0.123. The van der Waals surface area contributed by atoms with Crippen LogP contribution >= 0.6 is 24.8 Å². The molecule has 0 heterocycles. The van der Waals surface area contributed by atoms with Gasteiger partial charge in [-0.25, -0.2) is 0 Å². The van der Waals surface area contributed by atoms with Crippen molar-refractivity contribution in [2.45, 2.75) is 24.9 Å². The Kier molecular flexibility index (Phi) is 6.63. The van der Waals surface area contributed by atoms with Crippen molar-refractivity contribution in [3.63, 3.8) is 0 Å². The molecule has 4 nitrogen and oxygen atoms in total. The SMILES string of the molecule is CN(C)c1ccccc1CNC(=O)C1(N)CC1.Cl.Cl. The molecule has 1 aliphatic carbocycles. The van der Waals surface area contributed by atoms with Crippen molar-refractivity contribution in [1.82, 2.24) is 5.32 Å². The maximum atomic E-state index is 11.7. The van der Waals surface area contributed by atoms with Gasteiger partial charge in [0.25, 0.3) is 0 Å². The molecule has 108 valence electrons. The Balaban J connectivity index is 0.00000162. The molecule has 0 radical (unpaired) electrons. The smallest absolute Gasteiger partial charge is 0.240 e. The molecule has 1 aliphatic rings. The number of amides is 1. The summed E-state index contributed by atoms with van der Waals surface area (Å²) in [5, 5.41) is 2.91. The maximum Gasteiger partial charge on any atom is 0.240 e. The van der Waals surface area contributed by atoms with E-state index in [1.54, 1.807) is 0 Å². The van der Waals surface area contributed by atoms with Gasteiger partial charge in [0, 0.05) is 26.3 Å². The number of nitrogens with zero attached hydrogens (tertiary/aromatic N) is 1. The van der Waals surface area contributed by atoms with Gasteiger partial charge >= 0.3 is 0 Å². The van der Waals surface area contributed by atoms with Crippen LogP contribution in [0.1, 0.15) is 18.4 Å². The zero-order chi connectivity index (χ0) is 12.5. The molecule has 1 fully saturated rings. The van der Waals surface area contributed by atoms with E-state index in [0.717, 1.165) is 24.1 Å². The first-order valence-electron chi connectivity index (χ1n) is 5.85. The van der Waals surface area contributed by atoms with Crippen LogP contribution in [0.5, 0.6) is 0 Å². The van der Waals surface area contributed by atoms with E-state index in [4.69, 9.17) is 5.73 Å². The number of nitrogens with two attached hydrogens (primary N) is 1. The molecule has 3 N–H and O–H groups in total. The zero-order valence-electron chi connectivity index (χ0n) is 11.2. The first kappa shape index (κ1) is 18.0. The molecule has 0 saturated heterocycles. The fourth-order valence-corrected chi connectivity index (χ4v) is 1.81. The van der Waals surface area contributed by atoms with E-state index < -0.39 is 5.54 Å². The summed E-state index contributed by atoms with van der Waals surface area (Å²) in [6.07, 6.45) is 1.60. The van der Waals surface area contributed by atoms with Crippen molar-refractivity contribution in [3.8, 4) is 0 Å². The van der Waals surface area contributed by atoms with Crippen molar-refractivity contribution < 1.29 is 4.79 Å². The third-order valence-electron chi connectivity index (χ3n) is 3.15. The van der Waals surface area contributed by atoms with E-state index in [1.165, 1.54) is 0 Å². The van der Waals surface area contributed by atoms with Crippen molar-refractivity contribution in [2.24, 2.45) is 5.73 Å². The second-order valence-corrected chi connectivity index (χ2v) is 4.86. The second kappa shape index (κ2) is 6.98. The van der Waals surface area contributed by atoms with Gasteiger partial charge in [-0.3, -0.25) is 4.79 Å². The van der Waals surface area contributed by atoms with Crippen molar-refractivity contribution in [2.75, 3.05) is 19.0 Å². The number of rotatable bonds is 4. The number of hydrogen-bond donors (Lipinski definition) is 2. The van der Waals surface area contributed by atoms with Gasteiger partial charge in [0.05, 0.1) is 5.54 Å². The molecule has 0 aliphatic heterocycles. The van der Waals surface area contributed by atoms with Gasteiger partial charge < -0.3 is 16.0 Å². The highest BCUT2D eigenvalue weighted by molar-refractivity contribution is 5.89. The summed E-state index contributed by atoms with van der Waals surface area (Å²) in [6.45, 7) is 0.534. The minimum Gasteiger partial charge on any atom is -0.377 e. The average Bonchev–Trinajstić information content (AvgIpc) is 3.06. The molecule has 1 saturated carbocycles. The van der Waals surface area contributed by atoms with Crippen LogP contribution in [0.15, 0.2) is 24.3 Å². The fraction of sp³-hybridized carbons (Fsp3) is 0.462. The van der Waals surface area contributed by atoms with Crippen LogP contribution in [0.4, 0.5) is 5.69 Å². The van der Waals surface area contributed by atoms with Crippen LogP contribution in [0.25, 0.3) is 0 Å². The summed E-state index contributed by atoms with van der Waals surface area (Å²) >= 11 is 0. The Bertz CT molecular complexity index is 434. The predicted octanol–water partition coefficient (Wildman–Crippen LogP) is 1.70. The normalized spacial score (nSPS) is 14.7. The minimum atomic E-state index is -0.590. The summed E-state index contributed by atoms with van der Waals surface area (Å²) in [7, 11) is 3.98. The van der Waals surface area contributed by atoms with Crippen LogP contribution in [-0.2, 0) is 11.3 Å². The van der Waals surface area contributed by atoms with Gasteiger partial charge in [-0.05, 0) is 24.5 Å². The lowest BCUT2D eigenvalue weighted by Gasteiger charge is -2.18. The predicted molar refractivity (Wildman–Crippen MR) is 83.3 cm³/mol. The van der Waals surface area contributed by atoms with E-state index in [2.05, 4.69) is 5.32 Å². The van der Waals surface area contributed by atoms with Crippen molar-refractivity contribution >= 4 is 36.4 Å². The first-order valence-corrected chi connectivity index (χ1v) is 5.85. The molecule has 1 aromatic carbocycles. The van der Waals surface area contributed by atoms with Crippen LogP contribution in [-0.4, -0.2) is 25.5 Å². The molecule has 2 rings (SSSR count). The topological polar surface area (TPSA) is 58.4 Å². The summed E-state index contributed by atoms with van der Waals surface area (Å²) in [5.41, 5.74) is 7.47. The molecule has 19 heavy (non-hydrogen) atoms. The number of carbonyl (C=O) groups is 1. The van der Waals surface area contributed by atoms with Crippen molar-refractivity contribution in [3.05, 3.63) is 29.8 Å². The largest absolute Gasteiger partial charge is 0.377 e. The summed E-state index contributed by atoms with van der Waals surface area (Å²) < 4.78 is 0. The Morgan fingerprint density at radius 3 is 2.42 bits per heavy atom. The Morgan fingerprint density at radius 1 is 1.32 bits per heavy atom. The number of halogens is 2. The van der Waals surface area contributed by atoms with E-state index in [-0.39, 0.29) is 30.7 Å². The van der Waals surface area contributed by atoms with Crippen LogP contribution in [0.3, 0.4) is 0 Å². The molecule has 0 spiro atoms. The third kappa shape index (κ3) is 4.27. The molecule has 0 aromatic heterocycles. The summed E-state index contributed by atoms with van der Waals surface area (Å²) in [4.78, 5) is 13.8. The van der Waals surface area contributed by atoms with Gasteiger partial charge in [-0.2, -0.15) is 0 Å². The fourth-order valence-electron chi connectivity index (χ4n) is 1.81. The average molecular weight is 306 g/mol. The van der Waals surface area contributed by atoms with Crippen LogP contribution in [0, 0.1) is 0 Å². The molecule has 1 amide bonds. The molecule has 0 unspecified atom stereocenters. The number of carbonyl (C=O) groups excluding carboxylic acids is 1. The third-order valence-corrected chi connectivity index (χ3v) is 3.15. The van der Waals surface area contributed by atoms with E-state index in [1.807, 2.05) is 43.3 Å². The number of anilines is 1. The lowest BCUT2D eigenvalue weighted by atomic mass is 10.1. The molecular weight excluding hydrogens is 285 g/mol. The zero-order valence-corrected chi connectivity index (χ0v) is 12.8. The van der Waals surface area contributed by atoms with Crippen molar-refractivity contribution in [1.29, 1.82) is 0 Å². The number of para-hydroxylation sites is 1. The van der Waals surface area contributed by atoms with Crippen LogP contribution in [0.2, 0.25) is 0 Å². The summed E-state index contributed by atoms with van der Waals surface area (Å²) in [5.74, 6) is -0.0361. The Labute approximate surface area is 126 Å². The van der Waals surface area contributed by atoms with Crippen LogP contribution < -0.4 is 16.0 Å². The van der Waals surface area contributed by atoms with E-state index in [0.29, 0.717) is 6.54 Å². The summed E-state index contributed by atoms with van der Waals surface area (Å²) in [6, 6.07) is 8.03. The molecule has 0 bridgehead atoms. The number of benzene rings is 1. The molecular formula is C13H21Cl2N3O. The van der Waals surface area contributed by atoms with Gasteiger partial charge in [-0.15, -0.1) is 24.8 Å². The highest BCUT2D eigenvalue weighted by atomic mass is 35.5. The highest BCUT2D eigenvalue weighted by Crippen LogP contribution is 2.32. The molecule has 6 heteroatoms. The number of nitrogens with one attached hydrogen (secondary N) is 1. The van der Waals surface area contributed by atoms with Gasteiger partial charge in [0.15, 0.2) is 0 Å². The first-order chi connectivity index (χ1) is 8.03. The lowest BCUT2D eigenvalue weighted by Crippen LogP contribution is -2.42. The molecule has 1 aromatic rings. The quantitative estimate of drug-likeness (QED) is 0.890.